The van der Waals surface area contributed by atoms with Gasteiger partial charge in [0.05, 0.1) is 18.6 Å². The molecule has 1 saturated heterocycles. The zero-order valence-electron chi connectivity index (χ0n) is 20.8. The van der Waals surface area contributed by atoms with Crippen LogP contribution in [0.4, 0.5) is 0 Å². The average molecular weight is 452 g/mol. The Morgan fingerprint density at radius 1 is 0.939 bits per heavy atom. The summed E-state index contributed by atoms with van der Waals surface area (Å²) >= 11 is 0. The number of amides is 1. The smallest absolute Gasteiger partial charge is 0.228 e. The molecule has 2 aromatic carbocycles. The van der Waals surface area contributed by atoms with Crippen LogP contribution >= 0.6 is 0 Å². The van der Waals surface area contributed by atoms with Gasteiger partial charge < -0.3 is 10.5 Å². The first-order chi connectivity index (χ1) is 15.8. The van der Waals surface area contributed by atoms with E-state index in [1.54, 1.807) is 0 Å². The second-order valence-corrected chi connectivity index (χ2v) is 9.77. The second kappa shape index (κ2) is 11.8. The van der Waals surface area contributed by atoms with E-state index < -0.39 is 5.41 Å². The maximum Gasteiger partial charge on any atom is 0.228 e. The highest BCUT2D eigenvalue weighted by atomic mass is 16.5. The van der Waals surface area contributed by atoms with Crippen LogP contribution in [0.25, 0.3) is 11.1 Å². The molecular formula is C28H41N3O2. The molecule has 1 aliphatic heterocycles. The third-order valence-corrected chi connectivity index (χ3v) is 7.10. The van der Waals surface area contributed by atoms with Gasteiger partial charge in [-0.3, -0.25) is 14.6 Å². The lowest BCUT2D eigenvalue weighted by molar-refractivity contribution is -0.124. The van der Waals surface area contributed by atoms with Crippen molar-refractivity contribution in [3.8, 4) is 11.1 Å². The standard InChI is InChI=1S/C28H41N3O2/c1-22(2)31(23(3)4)17-15-28(27(29)32,14-16-30-18-20-33-21-19-30)26-12-10-25(11-13-26)24-8-6-5-7-9-24/h5-13,22-23H,14-21H2,1-4H3,(H2,29,32). The maximum absolute atomic E-state index is 13.2. The molecule has 1 fully saturated rings. The zero-order valence-corrected chi connectivity index (χ0v) is 20.8. The summed E-state index contributed by atoms with van der Waals surface area (Å²) in [7, 11) is 0. The summed E-state index contributed by atoms with van der Waals surface area (Å²) in [6.07, 6.45) is 1.44. The van der Waals surface area contributed by atoms with Crippen molar-refractivity contribution in [2.24, 2.45) is 5.73 Å². The summed E-state index contributed by atoms with van der Waals surface area (Å²) in [6, 6.07) is 19.6. The van der Waals surface area contributed by atoms with Crippen LogP contribution in [0.15, 0.2) is 54.6 Å². The normalized spacial score (nSPS) is 16.9. The minimum Gasteiger partial charge on any atom is -0.379 e. The van der Waals surface area contributed by atoms with Crippen LogP contribution < -0.4 is 5.73 Å². The van der Waals surface area contributed by atoms with Gasteiger partial charge in [-0.05, 0) is 63.8 Å². The number of rotatable bonds is 11. The van der Waals surface area contributed by atoms with E-state index in [1.165, 1.54) is 5.56 Å². The molecule has 1 amide bonds. The Labute approximate surface area is 199 Å². The van der Waals surface area contributed by atoms with Gasteiger partial charge in [-0.15, -0.1) is 0 Å². The van der Waals surface area contributed by atoms with E-state index in [9.17, 15) is 4.79 Å². The highest BCUT2D eigenvalue weighted by Gasteiger charge is 2.39. The van der Waals surface area contributed by atoms with Crippen molar-refractivity contribution in [3.05, 3.63) is 60.2 Å². The summed E-state index contributed by atoms with van der Waals surface area (Å²) in [5.41, 5.74) is 8.85. The SMILES string of the molecule is CC(C)N(CCC(CCN1CCOCC1)(C(N)=O)c1ccc(-c2ccccc2)cc1)C(C)C. The van der Waals surface area contributed by atoms with Gasteiger partial charge in [-0.25, -0.2) is 0 Å². The van der Waals surface area contributed by atoms with Gasteiger partial charge >= 0.3 is 0 Å². The highest BCUT2D eigenvalue weighted by Crippen LogP contribution is 2.34. The Bertz CT molecular complexity index is 852. The number of nitrogens with two attached hydrogens (primary N) is 1. The number of morpholine rings is 1. The van der Waals surface area contributed by atoms with Gasteiger partial charge in [0.2, 0.25) is 5.91 Å². The number of nitrogens with zero attached hydrogens (tertiary/aromatic N) is 2. The number of primary amides is 1. The van der Waals surface area contributed by atoms with Crippen molar-refractivity contribution in [1.29, 1.82) is 0 Å². The van der Waals surface area contributed by atoms with Crippen molar-refractivity contribution in [3.63, 3.8) is 0 Å². The summed E-state index contributed by atoms with van der Waals surface area (Å²) in [5.74, 6) is -0.226. The largest absolute Gasteiger partial charge is 0.379 e. The lowest BCUT2D eigenvalue weighted by Crippen LogP contribution is -2.48. The van der Waals surface area contributed by atoms with E-state index in [0.29, 0.717) is 18.5 Å². The molecule has 0 saturated carbocycles. The fraction of sp³-hybridized carbons (Fsp3) is 0.536. The fourth-order valence-electron chi connectivity index (χ4n) is 5.02. The van der Waals surface area contributed by atoms with Crippen LogP contribution in [0.3, 0.4) is 0 Å². The summed E-state index contributed by atoms with van der Waals surface area (Å²) in [5, 5.41) is 0. The fourth-order valence-corrected chi connectivity index (χ4v) is 5.02. The quantitative estimate of drug-likeness (QED) is 0.553. The molecule has 0 spiro atoms. The van der Waals surface area contributed by atoms with Gasteiger partial charge in [0, 0.05) is 31.7 Å². The number of benzene rings is 2. The molecule has 1 heterocycles. The van der Waals surface area contributed by atoms with E-state index in [-0.39, 0.29) is 5.91 Å². The second-order valence-electron chi connectivity index (χ2n) is 9.77. The average Bonchev–Trinajstić information content (AvgIpc) is 2.82. The highest BCUT2D eigenvalue weighted by molar-refractivity contribution is 5.87. The molecule has 0 bridgehead atoms. The molecule has 33 heavy (non-hydrogen) atoms. The van der Waals surface area contributed by atoms with Gasteiger partial charge in [-0.2, -0.15) is 0 Å². The first kappa shape index (κ1) is 25.4. The number of hydrogen-bond acceptors (Lipinski definition) is 4. The third kappa shape index (κ3) is 6.44. The van der Waals surface area contributed by atoms with E-state index in [2.05, 4.69) is 73.9 Å². The van der Waals surface area contributed by atoms with Crippen molar-refractivity contribution in [2.75, 3.05) is 39.4 Å². The number of ether oxygens (including phenoxy) is 1. The van der Waals surface area contributed by atoms with Crippen LogP contribution in [0.1, 0.15) is 46.1 Å². The Morgan fingerprint density at radius 2 is 1.52 bits per heavy atom. The molecular weight excluding hydrogens is 410 g/mol. The lowest BCUT2D eigenvalue weighted by Gasteiger charge is -2.38. The Morgan fingerprint density at radius 3 is 2.06 bits per heavy atom. The molecule has 180 valence electrons. The van der Waals surface area contributed by atoms with Crippen molar-refractivity contribution < 1.29 is 9.53 Å². The van der Waals surface area contributed by atoms with Crippen LogP contribution in [-0.4, -0.2) is 67.2 Å². The van der Waals surface area contributed by atoms with Gasteiger partial charge in [0.1, 0.15) is 0 Å². The third-order valence-electron chi connectivity index (χ3n) is 7.10. The molecule has 1 aliphatic rings. The Hall–Kier alpha value is -2.21. The first-order valence-corrected chi connectivity index (χ1v) is 12.4. The zero-order chi connectivity index (χ0) is 23.8. The van der Waals surface area contributed by atoms with Crippen molar-refractivity contribution in [2.45, 2.75) is 58.0 Å². The molecule has 0 aliphatic carbocycles. The molecule has 0 radical (unpaired) electrons. The molecule has 1 atom stereocenters. The number of carbonyl (C=O) groups excluding carboxylic acids is 1. The van der Waals surface area contributed by atoms with E-state index >= 15 is 0 Å². The first-order valence-electron chi connectivity index (χ1n) is 12.4. The van der Waals surface area contributed by atoms with Crippen LogP contribution in [0, 0.1) is 0 Å². The Kier molecular flexibility index (Phi) is 9.07. The summed E-state index contributed by atoms with van der Waals surface area (Å²) in [4.78, 5) is 18.0. The van der Waals surface area contributed by atoms with Crippen molar-refractivity contribution >= 4 is 5.91 Å². The van der Waals surface area contributed by atoms with E-state index in [4.69, 9.17) is 10.5 Å². The van der Waals surface area contributed by atoms with Crippen LogP contribution in [0.2, 0.25) is 0 Å². The molecule has 5 heteroatoms. The van der Waals surface area contributed by atoms with Crippen molar-refractivity contribution in [1.82, 2.24) is 9.80 Å². The van der Waals surface area contributed by atoms with E-state index in [1.807, 2.05) is 18.2 Å². The molecule has 3 rings (SSSR count). The van der Waals surface area contributed by atoms with Gasteiger partial charge in [0.25, 0.3) is 0 Å². The van der Waals surface area contributed by atoms with Crippen LogP contribution in [-0.2, 0) is 14.9 Å². The molecule has 1 unspecified atom stereocenters. The van der Waals surface area contributed by atoms with Crippen LogP contribution in [0.5, 0.6) is 0 Å². The summed E-state index contributed by atoms with van der Waals surface area (Å²) < 4.78 is 5.51. The molecule has 2 aromatic rings. The number of hydrogen-bond donors (Lipinski definition) is 1. The lowest BCUT2D eigenvalue weighted by atomic mass is 9.73. The predicted molar refractivity (Wildman–Crippen MR) is 136 cm³/mol. The molecule has 2 N–H and O–H groups in total. The van der Waals surface area contributed by atoms with Gasteiger partial charge in [0.15, 0.2) is 0 Å². The monoisotopic (exact) mass is 451 g/mol. The maximum atomic E-state index is 13.2. The summed E-state index contributed by atoms with van der Waals surface area (Å²) in [6.45, 7) is 13.9. The minimum atomic E-state index is -0.699. The van der Waals surface area contributed by atoms with E-state index in [0.717, 1.165) is 56.9 Å². The van der Waals surface area contributed by atoms with Gasteiger partial charge in [-0.1, -0.05) is 54.6 Å². The molecule has 0 aromatic heterocycles. The predicted octanol–water partition coefficient (Wildman–Crippen LogP) is 4.31. The molecule has 5 nitrogen and oxygen atoms in total. The topological polar surface area (TPSA) is 58.8 Å². The Balaban J connectivity index is 1.90. The number of carbonyl (C=O) groups is 1. The minimum absolute atomic E-state index is 0.226.